The molecule has 0 spiro atoms. The first kappa shape index (κ1) is 13.1. The van der Waals surface area contributed by atoms with Gasteiger partial charge >= 0.3 is 0 Å². The molecule has 0 saturated heterocycles. The molecule has 4 nitrogen and oxygen atoms in total. The zero-order valence-electron chi connectivity index (χ0n) is 11.6. The van der Waals surface area contributed by atoms with Crippen molar-refractivity contribution >= 4 is 27.9 Å². The van der Waals surface area contributed by atoms with Crippen molar-refractivity contribution in [1.82, 2.24) is 15.2 Å². The Morgan fingerprint density at radius 2 is 2.15 bits per heavy atom. The summed E-state index contributed by atoms with van der Waals surface area (Å²) in [5, 5.41) is 7.95. The summed E-state index contributed by atoms with van der Waals surface area (Å²) >= 11 is 1.51. The molecule has 104 valence electrons. The quantitative estimate of drug-likeness (QED) is 0.803. The number of H-pyrrole nitrogens is 1. The van der Waals surface area contributed by atoms with Gasteiger partial charge in [0.15, 0.2) is 5.82 Å². The predicted octanol–water partition coefficient (Wildman–Crippen LogP) is 3.45. The molecular weight excluding hydrogens is 275 g/mol. The summed E-state index contributed by atoms with van der Waals surface area (Å²) in [5.74, 6) is -0.183. The average molecular weight is 290 g/mol. The number of aromatic amines is 1. The van der Waals surface area contributed by atoms with E-state index in [1.165, 1.54) is 11.3 Å². The largest absolute Gasteiger partial charge is 0.374 e. The number of fused-ring (bicyclic) bond motifs is 1. The van der Waals surface area contributed by atoms with Crippen LogP contribution in [-0.4, -0.2) is 29.3 Å². The van der Waals surface area contributed by atoms with Crippen LogP contribution in [0.1, 0.15) is 12.5 Å². The lowest BCUT2D eigenvalue weighted by Gasteiger charge is -2.19. The zero-order valence-corrected chi connectivity index (χ0v) is 12.4. The van der Waals surface area contributed by atoms with E-state index >= 15 is 0 Å². The number of hydrogen-bond donors (Lipinski definition) is 1. The Morgan fingerprint density at radius 1 is 1.35 bits per heavy atom. The van der Waals surface area contributed by atoms with E-state index in [9.17, 15) is 4.39 Å². The van der Waals surface area contributed by atoms with Gasteiger partial charge in [0.25, 0.3) is 0 Å². The second-order valence-electron chi connectivity index (χ2n) is 4.79. The summed E-state index contributed by atoms with van der Waals surface area (Å²) in [6.07, 6.45) is 4.16. The molecule has 0 atom stereocenters. The van der Waals surface area contributed by atoms with Crippen molar-refractivity contribution in [3.05, 3.63) is 29.3 Å². The number of aromatic nitrogens is 3. The molecule has 2 aromatic heterocycles. The van der Waals surface area contributed by atoms with Crippen molar-refractivity contribution in [1.29, 1.82) is 0 Å². The van der Waals surface area contributed by atoms with Gasteiger partial charge in [0.2, 0.25) is 0 Å². The molecule has 1 N–H and O–H groups in total. The number of anilines is 1. The highest BCUT2D eigenvalue weighted by molar-refractivity contribution is 7.13. The summed E-state index contributed by atoms with van der Waals surface area (Å²) < 4.78 is 14.9. The van der Waals surface area contributed by atoms with Crippen molar-refractivity contribution in [2.45, 2.75) is 13.3 Å². The number of halogens is 1. The Bertz CT molecular complexity index is 746. The zero-order chi connectivity index (χ0) is 14.3. The van der Waals surface area contributed by atoms with Crippen LogP contribution in [0.4, 0.5) is 10.1 Å². The van der Waals surface area contributed by atoms with Crippen LogP contribution in [0.15, 0.2) is 17.9 Å². The van der Waals surface area contributed by atoms with E-state index in [0.29, 0.717) is 17.7 Å². The van der Waals surface area contributed by atoms with Crippen LogP contribution in [0.2, 0.25) is 0 Å². The van der Waals surface area contributed by atoms with Crippen LogP contribution in [0.25, 0.3) is 21.3 Å². The minimum atomic E-state index is -0.183. The van der Waals surface area contributed by atoms with Gasteiger partial charge in [-0.1, -0.05) is 6.92 Å². The predicted molar refractivity (Wildman–Crippen MR) is 80.9 cm³/mol. The SMILES string of the molecule is CCc1c(F)c(N(C)C)c2[nH]ncc2c1-c1cncs1. The van der Waals surface area contributed by atoms with Crippen molar-refractivity contribution in [3.8, 4) is 10.4 Å². The van der Waals surface area contributed by atoms with Gasteiger partial charge in [-0.05, 0) is 12.0 Å². The number of hydrogen-bond acceptors (Lipinski definition) is 4. The highest BCUT2D eigenvalue weighted by atomic mass is 32.1. The molecule has 0 amide bonds. The third kappa shape index (κ3) is 1.79. The Hall–Kier alpha value is -1.95. The smallest absolute Gasteiger partial charge is 0.152 e. The van der Waals surface area contributed by atoms with E-state index in [-0.39, 0.29) is 5.82 Å². The maximum Gasteiger partial charge on any atom is 0.152 e. The fourth-order valence-corrected chi connectivity index (χ4v) is 3.26. The van der Waals surface area contributed by atoms with Gasteiger partial charge in [-0.25, -0.2) is 4.39 Å². The van der Waals surface area contributed by atoms with Crippen LogP contribution < -0.4 is 4.90 Å². The fourth-order valence-electron chi connectivity index (χ4n) is 2.55. The molecule has 6 heteroatoms. The molecule has 0 unspecified atom stereocenters. The fraction of sp³-hybridized carbons (Fsp3) is 0.286. The van der Waals surface area contributed by atoms with Gasteiger partial charge in [-0.3, -0.25) is 10.1 Å². The van der Waals surface area contributed by atoms with Crippen LogP contribution >= 0.6 is 11.3 Å². The number of nitrogens with zero attached hydrogens (tertiary/aromatic N) is 3. The molecule has 20 heavy (non-hydrogen) atoms. The summed E-state index contributed by atoms with van der Waals surface area (Å²) in [7, 11) is 3.68. The van der Waals surface area contributed by atoms with E-state index in [0.717, 1.165) is 21.3 Å². The van der Waals surface area contributed by atoms with E-state index in [2.05, 4.69) is 15.2 Å². The van der Waals surface area contributed by atoms with Crippen LogP contribution in [0.3, 0.4) is 0 Å². The Morgan fingerprint density at radius 3 is 2.75 bits per heavy atom. The van der Waals surface area contributed by atoms with Crippen LogP contribution in [0.5, 0.6) is 0 Å². The number of benzene rings is 1. The molecule has 0 fully saturated rings. The molecular formula is C14H15FN4S. The first-order chi connectivity index (χ1) is 9.65. The van der Waals surface area contributed by atoms with Gasteiger partial charge in [0.1, 0.15) is 0 Å². The minimum Gasteiger partial charge on any atom is -0.374 e. The molecule has 0 radical (unpaired) electrons. The van der Waals surface area contributed by atoms with Gasteiger partial charge in [0.05, 0.1) is 27.8 Å². The highest BCUT2D eigenvalue weighted by Crippen LogP contribution is 2.40. The molecule has 0 aliphatic carbocycles. The lowest BCUT2D eigenvalue weighted by molar-refractivity contribution is 0.613. The second kappa shape index (κ2) is 4.86. The molecule has 3 aromatic rings. The lowest BCUT2D eigenvalue weighted by Crippen LogP contribution is -2.13. The summed E-state index contributed by atoms with van der Waals surface area (Å²) in [5.41, 5.74) is 4.67. The Balaban J connectivity index is 2.46. The number of rotatable bonds is 3. The topological polar surface area (TPSA) is 44.8 Å². The number of thiazole rings is 1. The molecule has 2 heterocycles. The third-order valence-electron chi connectivity index (χ3n) is 3.40. The maximum absolute atomic E-state index is 14.9. The van der Waals surface area contributed by atoms with Crippen molar-refractivity contribution in [3.63, 3.8) is 0 Å². The maximum atomic E-state index is 14.9. The average Bonchev–Trinajstić information content (AvgIpc) is 3.07. The van der Waals surface area contributed by atoms with Gasteiger partial charge in [-0.15, -0.1) is 11.3 Å². The first-order valence-corrected chi connectivity index (χ1v) is 7.26. The van der Waals surface area contributed by atoms with Crippen molar-refractivity contribution < 1.29 is 4.39 Å². The third-order valence-corrected chi connectivity index (χ3v) is 4.19. The summed E-state index contributed by atoms with van der Waals surface area (Å²) in [6, 6.07) is 0. The van der Waals surface area contributed by atoms with Crippen LogP contribution in [0, 0.1) is 5.82 Å². The monoisotopic (exact) mass is 290 g/mol. The van der Waals surface area contributed by atoms with E-state index in [4.69, 9.17) is 0 Å². The van der Waals surface area contributed by atoms with Crippen LogP contribution in [-0.2, 0) is 6.42 Å². The second-order valence-corrected chi connectivity index (χ2v) is 5.67. The minimum absolute atomic E-state index is 0.183. The van der Waals surface area contributed by atoms with Gasteiger partial charge in [0, 0.05) is 31.2 Å². The van der Waals surface area contributed by atoms with E-state index in [1.54, 1.807) is 22.8 Å². The molecule has 3 rings (SSSR count). The normalized spacial score (nSPS) is 11.2. The number of nitrogens with one attached hydrogen (secondary N) is 1. The van der Waals surface area contributed by atoms with Crippen molar-refractivity contribution in [2.24, 2.45) is 0 Å². The highest BCUT2D eigenvalue weighted by Gasteiger charge is 2.22. The van der Waals surface area contributed by atoms with E-state index < -0.39 is 0 Å². The summed E-state index contributed by atoms with van der Waals surface area (Å²) in [4.78, 5) is 6.86. The molecule has 0 aliphatic rings. The van der Waals surface area contributed by atoms with E-state index in [1.807, 2.05) is 21.0 Å². The summed E-state index contributed by atoms with van der Waals surface area (Å²) in [6.45, 7) is 1.97. The van der Waals surface area contributed by atoms with Crippen molar-refractivity contribution in [2.75, 3.05) is 19.0 Å². The molecule has 0 aliphatic heterocycles. The standard InChI is InChI=1S/C14H15FN4S/c1-4-8-11(10-6-16-7-20-10)9-5-17-18-13(9)14(12(8)15)19(2)3/h5-7H,4H2,1-3H3,(H,17,18). The van der Waals surface area contributed by atoms with Gasteiger partial charge in [-0.2, -0.15) is 5.10 Å². The molecule has 1 aromatic carbocycles. The Labute approximate surface area is 120 Å². The molecule has 0 saturated carbocycles. The van der Waals surface area contributed by atoms with Gasteiger partial charge < -0.3 is 4.90 Å². The first-order valence-electron chi connectivity index (χ1n) is 6.38. The molecule has 0 bridgehead atoms. The lowest BCUT2D eigenvalue weighted by atomic mass is 9.97. The Kier molecular flexibility index (Phi) is 3.17.